The minimum Gasteiger partial charge on any atom is -0.399 e. The van der Waals surface area contributed by atoms with Crippen LogP contribution >= 0.6 is 0 Å². The Morgan fingerprint density at radius 1 is 1.14 bits per heavy atom. The number of pyridine rings is 1. The quantitative estimate of drug-likeness (QED) is 0.877. The van der Waals surface area contributed by atoms with Gasteiger partial charge in [-0.25, -0.2) is 0 Å². The van der Waals surface area contributed by atoms with E-state index in [1.165, 1.54) is 0 Å². The summed E-state index contributed by atoms with van der Waals surface area (Å²) in [5.74, 6) is 0.0732. The molecule has 2 rings (SSSR count). The number of anilines is 1. The molecule has 0 saturated heterocycles. The topological polar surface area (TPSA) is 59.2 Å². The number of benzene rings is 1. The largest absolute Gasteiger partial charge is 0.399 e. The lowest BCUT2D eigenvalue weighted by Gasteiger charge is -2.30. The lowest BCUT2D eigenvalue weighted by atomic mass is 9.83. The van der Waals surface area contributed by atoms with Crippen molar-refractivity contribution in [3.05, 3.63) is 59.9 Å². The first-order chi connectivity index (χ1) is 9.91. The average molecular weight is 283 g/mol. The van der Waals surface area contributed by atoms with Crippen LogP contribution in [-0.2, 0) is 16.8 Å². The van der Waals surface area contributed by atoms with Crippen molar-refractivity contribution < 1.29 is 4.79 Å². The monoisotopic (exact) mass is 283 g/mol. The van der Waals surface area contributed by atoms with Crippen LogP contribution in [0.1, 0.15) is 25.0 Å². The second-order valence-corrected chi connectivity index (χ2v) is 5.76. The molecule has 0 spiro atoms. The maximum Gasteiger partial charge on any atom is 0.232 e. The Morgan fingerprint density at radius 3 is 2.29 bits per heavy atom. The Labute approximate surface area is 125 Å². The summed E-state index contributed by atoms with van der Waals surface area (Å²) in [5, 5.41) is 0. The number of likely N-dealkylation sites (N-methyl/N-ethyl adjacent to an activating group) is 1. The highest BCUT2D eigenvalue weighted by molar-refractivity contribution is 5.87. The molecule has 0 unspecified atom stereocenters. The van der Waals surface area contributed by atoms with Crippen LogP contribution in [0.4, 0.5) is 5.69 Å². The van der Waals surface area contributed by atoms with Gasteiger partial charge in [0.05, 0.1) is 5.41 Å². The Kier molecular flexibility index (Phi) is 4.26. The first kappa shape index (κ1) is 15.0. The molecule has 0 atom stereocenters. The Hall–Kier alpha value is -2.36. The van der Waals surface area contributed by atoms with E-state index in [2.05, 4.69) is 4.98 Å². The van der Waals surface area contributed by atoms with Gasteiger partial charge in [0.1, 0.15) is 0 Å². The minimum absolute atomic E-state index is 0.0732. The van der Waals surface area contributed by atoms with Crippen molar-refractivity contribution >= 4 is 11.6 Å². The second-order valence-electron chi connectivity index (χ2n) is 5.76. The predicted molar refractivity (Wildman–Crippen MR) is 84.6 cm³/mol. The number of amides is 1. The third-order valence-corrected chi connectivity index (χ3v) is 3.68. The molecule has 1 heterocycles. The highest BCUT2D eigenvalue weighted by Gasteiger charge is 2.32. The molecule has 0 fully saturated rings. The molecular weight excluding hydrogens is 262 g/mol. The van der Waals surface area contributed by atoms with Crippen molar-refractivity contribution in [2.75, 3.05) is 12.8 Å². The van der Waals surface area contributed by atoms with Gasteiger partial charge in [0.15, 0.2) is 0 Å². The van der Waals surface area contributed by atoms with E-state index in [1.807, 2.05) is 57.3 Å². The summed E-state index contributed by atoms with van der Waals surface area (Å²) in [5.41, 5.74) is 7.85. The van der Waals surface area contributed by atoms with Crippen LogP contribution in [0.25, 0.3) is 0 Å². The third kappa shape index (κ3) is 3.40. The number of rotatable bonds is 4. The van der Waals surface area contributed by atoms with Gasteiger partial charge in [-0.1, -0.05) is 12.1 Å². The normalized spacial score (nSPS) is 11.2. The van der Waals surface area contributed by atoms with E-state index >= 15 is 0 Å². The summed E-state index contributed by atoms with van der Waals surface area (Å²) in [6.07, 6.45) is 3.47. The fraction of sp³-hybridized carbons (Fsp3) is 0.294. The first-order valence-corrected chi connectivity index (χ1v) is 6.92. The van der Waals surface area contributed by atoms with E-state index in [0.29, 0.717) is 12.2 Å². The smallest absolute Gasteiger partial charge is 0.232 e. The summed E-state index contributed by atoms with van der Waals surface area (Å²) >= 11 is 0. The van der Waals surface area contributed by atoms with E-state index in [9.17, 15) is 4.79 Å². The summed E-state index contributed by atoms with van der Waals surface area (Å²) in [7, 11) is 1.82. The fourth-order valence-electron chi connectivity index (χ4n) is 2.33. The number of nitrogens with zero attached hydrogens (tertiary/aromatic N) is 2. The zero-order valence-electron chi connectivity index (χ0n) is 12.7. The van der Waals surface area contributed by atoms with Gasteiger partial charge in [0, 0.05) is 31.7 Å². The standard InChI is InChI=1S/C17H21N3O/c1-17(2,14-4-6-15(18)7-5-14)16(21)20(3)12-13-8-10-19-11-9-13/h4-11H,12,18H2,1-3H3. The molecule has 0 aliphatic heterocycles. The molecule has 4 heteroatoms. The van der Waals surface area contributed by atoms with Crippen molar-refractivity contribution in [3.63, 3.8) is 0 Å². The van der Waals surface area contributed by atoms with Gasteiger partial charge in [-0.05, 0) is 49.2 Å². The van der Waals surface area contributed by atoms with E-state index in [4.69, 9.17) is 5.73 Å². The predicted octanol–water partition coefficient (Wildman–Crippen LogP) is 2.60. The number of hydrogen-bond donors (Lipinski definition) is 1. The number of nitrogens with two attached hydrogens (primary N) is 1. The molecule has 0 radical (unpaired) electrons. The molecule has 1 aromatic heterocycles. The average Bonchev–Trinajstić information content (AvgIpc) is 2.48. The molecule has 2 aromatic rings. The van der Waals surface area contributed by atoms with Gasteiger partial charge in [0.25, 0.3) is 0 Å². The van der Waals surface area contributed by atoms with Crippen LogP contribution in [0.2, 0.25) is 0 Å². The highest BCUT2D eigenvalue weighted by atomic mass is 16.2. The van der Waals surface area contributed by atoms with Gasteiger partial charge in [-0.2, -0.15) is 0 Å². The number of aromatic nitrogens is 1. The van der Waals surface area contributed by atoms with E-state index < -0.39 is 5.41 Å². The Morgan fingerprint density at radius 2 is 1.71 bits per heavy atom. The van der Waals surface area contributed by atoms with Crippen molar-refractivity contribution in [1.29, 1.82) is 0 Å². The van der Waals surface area contributed by atoms with Crippen LogP contribution in [0.3, 0.4) is 0 Å². The minimum atomic E-state index is -0.588. The molecule has 21 heavy (non-hydrogen) atoms. The van der Waals surface area contributed by atoms with Gasteiger partial charge in [0.2, 0.25) is 5.91 Å². The molecular formula is C17H21N3O. The summed E-state index contributed by atoms with van der Waals surface area (Å²) in [6.45, 7) is 4.44. The van der Waals surface area contributed by atoms with Gasteiger partial charge >= 0.3 is 0 Å². The number of nitrogen functional groups attached to an aromatic ring is 1. The molecule has 0 aliphatic rings. The third-order valence-electron chi connectivity index (χ3n) is 3.68. The molecule has 0 bridgehead atoms. The van der Waals surface area contributed by atoms with Crippen LogP contribution < -0.4 is 5.73 Å². The van der Waals surface area contributed by atoms with Gasteiger partial charge < -0.3 is 10.6 Å². The zero-order valence-corrected chi connectivity index (χ0v) is 12.7. The summed E-state index contributed by atoms with van der Waals surface area (Å²) in [4.78, 5) is 18.5. The maximum absolute atomic E-state index is 12.7. The van der Waals surface area contributed by atoms with E-state index in [1.54, 1.807) is 17.3 Å². The number of carbonyl (C=O) groups is 1. The van der Waals surface area contributed by atoms with Crippen LogP contribution in [0.5, 0.6) is 0 Å². The van der Waals surface area contributed by atoms with E-state index in [-0.39, 0.29) is 5.91 Å². The highest BCUT2D eigenvalue weighted by Crippen LogP contribution is 2.26. The molecule has 0 aliphatic carbocycles. The van der Waals surface area contributed by atoms with Crippen molar-refractivity contribution in [2.24, 2.45) is 0 Å². The SMILES string of the molecule is CN(Cc1ccncc1)C(=O)C(C)(C)c1ccc(N)cc1. The van der Waals surface area contributed by atoms with Gasteiger partial charge in [-0.15, -0.1) is 0 Å². The molecule has 4 nitrogen and oxygen atoms in total. The maximum atomic E-state index is 12.7. The molecule has 2 N–H and O–H groups in total. The molecule has 110 valence electrons. The number of hydrogen-bond acceptors (Lipinski definition) is 3. The summed E-state index contributed by atoms with van der Waals surface area (Å²) < 4.78 is 0. The Bertz CT molecular complexity index is 606. The lowest BCUT2D eigenvalue weighted by molar-refractivity contribution is -0.135. The zero-order chi connectivity index (χ0) is 15.5. The van der Waals surface area contributed by atoms with Crippen molar-refractivity contribution in [1.82, 2.24) is 9.88 Å². The van der Waals surface area contributed by atoms with Crippen molar-refractivity contribution in [3.8, 4) is 0 Å². The first-order valence-electron chi connectivity index (χ1n) is 6.92. The fourth-order valence-corrected chi connectivity index (χ4v) is 2.33. The molecule has 1 amide bonds. The van der Waals surface area contributed by atoms with E-state index in [0.717, 1.165) is 11.1 Å². The van der Waals surface area contributed by atoms with Gasteiger partial charge in [-0.3, -0.25) is 9.78 Å². The Balaban J connectivity index is 2.15. The van der Waals surface area contributed by atoms with Crippen LogP contribution in [0, 0.1) is 0 Å². The van der Waals surface area contributed by atoms with Crippen molar-refractivity contribution in [2.45, 2.75) is 25.8 Å². The lowest BCUT2D eigenvalue weighted by Crippen LogP contribution is -2.41. The molecule has 0 saturated carbocycles. The summed E-state index contributed by atoms with van der Waals surface area (Å²) in [6, 6.07) is 11.3. The van der Waals surface area contributed by atoms with Crippen LogP contribution in [-0.4, -0.2) is 22.8 Å². The second kappa shape index (κ2) is 5.95. The molecule has 1 aromatic carbocycles. The number of carbonyl (C=O) groups excluding carboxylic acids is 1. The van der Waals surface area contributed by atoms with Crippen LogP contribution in [0.15, 0.2) is 48.8 Å².